The van der Waals surface area contributed by atoms with Gasteiger partial charge in [0.15, 0.2) is 0 Å². The highest BCUT2D eigenvalue weighted by Gasteiger charge is 2.07. The molecular weight excluding hydrogens is 174 g/mol. The molecule has 0 spiro atoms. The number of rotatable bonds is 3. The van der Waals surface area contributed by atoms with Gasteiger partial charge in [0.2, 0.25) is 0 Å². The van der Waals surface area contributed by atoms with Crippen LogP contribution in [0.15, 0.2) is 24.8 Å². The summed E-state index contributed by atoms with van der Waals surface area (Å²) in [4.78, 5) is 25.7. The second-order valence-corrected chi connectivity index (χ2v) is 1.94. The Balaban J connectivity index is 3.76. The number of hydroxylamine groups is 1. The molecule has 5 heteroatoms. The van der Waals surface area contributed by atoms with Gasteiger partial charge in [-0.2, -0.15) is 0 Å². The fraction of sp³-hybridized carbons (Fsp3) is 0.250. The molecule has 0 saturated heterocycles. The van der Waals surface area contributed by atoms with Crippen molar-refractivity contribution in [3.05, 3.63) is 24.8 Å². The number of carbonyl (C=O) groups is 2. The van der Waals surface area contributed by atoms with E-state index in [-0.39, 0.29) is 12.2 Å². The lowest BCUT2D eigenvalue weighted by molar-refractivity contribution is -0.144. The summed E-state index contributed by atoms with van der Waals surface area (Å²) in [5.41, 5.74) is 1.83. The van der Waals surface area contributed by atoms with Gasteiger partial charge in [0.05, 0.1) is 12.2 Å². The third-order valence-corrected chi connectivity index (χ3v) is 1.01. The lowest BCUT2D eigenvalue weighted by atomic mass is 10.3. The number of nitrogens with one attached hydrogen (secondary N) is 1. The zero-order valence-electron chi connectivity index (χ0n) is 7.33. The van der Waals surface area contributed by atoms with Crippen molar-refractivity contribution in [2.75, 3.05) is 6.61 Å². The number of amides is 1. The van der Waals surface area contributed by atoms with E-state index in [0.29, 0.717) is 0 Å². The Morgan fingerprint density at radius 2 is 2.15 bits per heavy atom. The van der Waals surface area contributed by atoms with E-state index in [0.717, 1.165) is 0 Å². The molecule has 0 unspecified atom stereocenters. The Bertz CT molecular complexity index is 234. The fourth-order valence-corrected chi connectivity index (χ4v) is 0.397. The number of hydrogen-bond acceptors (Lipinski definition) is 4. The van der Waals surface area contributed by atoms with Crippen molar-refractivity contribution < 1.29 is 19.2 Å². The van der Waals surface area contributed by atoms with Crippen molar-refractivity contribution in [2.45, 2.75) is 6.92 Å². The van der Waals surface area contributed by atoms with E-state index in [4.69, 9.17) is 0 Å². The minimum absolute atomic E-state index is 0.0526. The number of ether oxygens (including phenoxy) is 1. The fourth-order valence-electron chi connectivity index (χ4n) is 0.397. The Morgan fingerprint density at radius 1 is 1.54 bits per heavy atom. The molecule has 1 N–H and O–H groups in total. The highest BCUT2D eigenvalue weighted by molar-refractivity contribution is 5.91. The van der Waals surface area contributed by atoms with Crippen molar-refractivity contribution in [3.8, 4) is 0 Å². The largest absolute Gasteiger partial charge is 0.448 e. The average Bonchev–Trinajstić information content (AvgIpc) is 2.13. The molecule has 0 aromatic carbocycles. The molecule has 0 heterocycles. The van der Waals surface area contributed by atoms with Gasteiger partial charge >= 0.3 is 12.1 Å². The highest BCUT2D eigenvalue weighted by Crippen LogP contribution is 1.92. The molecule has 0 radical (unpaired) electrons. The summed E-state index contributed by atoms with van der Waals surface area (Å²) in [6, 6.07) is 0. The van der Waals surface area contributed by atoms with E-state index in [1.54, 1.807) is 12.4 Å². The average molecular weight is 185 g/mol. The van der Waals surface area contributed by atoms with Gasteiger partial charge in [-0.15, -0.1) is 5.48 Å². The van der Waals surface area contributed by atoms with Crippen LogP contribution in [0.1, 0.15) is 6.92 Å². The smallest absolute Gasteiger partial charge is 0.440 e. The van der Waals surface area contributed by atoms with Gasteiger partial charge in [-0.25, -0.2) is 9.59 Å². The second kappa shape index (κ2) is 5.82. The predicted octanol–water partition coefficient (Wildman–Crippen LogP) is 0.933. The molecule has 0 fully saturated rings. The molecule has 1 amide bonds. The van der Waals surface area contributed by atoms with E-state index in [1.807, 2.05) is 0 Å². The Labute approximate surface area is 76.0 Å². The molecule has 0 rings (SSSR count). The van der Waals surface area contributed by atoms with Crippen LogP contribution in [0.2, 0.25) is 0 Å². The molecule has 0 aromatic heterocycles. The lowest BCUT2D eigenvalue weighted by Gasteiger charge is -2.04. The zero-order valence-corrected chi connectivity index (χ0v) is 7.33. The van der Waals surface area contributed by atoms with Crippen LogP contribution in [0.4, 0.5) is 4.79 Å². The second-order valence-electron chi connectivity index (χ2n) is 1.94. The molecule has 0 aliphatic carbocycles. The number of hydrogen-bond donors (Lipinski definition) is 1. The normalized spacial score (nSPS) is 8.38. The molecular formula is C8H11NO4. The Hall–Kier alpha value is -1.78. The van der Waals surface area contributed by atoms with Crippen molar-refractivity contribution >= 4 is 12.1 Å². The van der Waals surface area contributed by atoms with Gasteiger partial charge < -0.3 is 9.57 Å². The van der Waals surface area contributed by atoms with Gasteiger partial charge in [0, 0.05) is 0 Å². The molecule has 0 aliphatic heterocycles. The van der Waals surface area contributed by atoms with Crippen molar-refractivity contribution in [2.24, 2.45) is 0 Å². The Kier molecular flexibility index (Phi) is 5.02. The minimum atomic E-state index is -0.826. The summed E-state index contributed by atoms with van der Waals surface area (Å²) in [6.07, 6.45) is 0.391. The van der Waals surface area contributed by atoms with E-state index in [2.05, 4.69) is 22.7 Å². The zero-order chi connectivity index (χ0) is 10.3. The molecule has 0 bridgehead atoms. The van der Waals surface area contributed by atoms with Gasteiger partial charge in [-0.05, 0) is 6.92 Å². The first-order valence-electron chi connectivity index (χ1n) is 3.57. The van der Waals surface area contributed by atoms with Crippen LogP contribution in [0, 0.1) is 0 Å². The van der Waals surface area contributed by atoms with Gasteiger partial charge in [0.25, 0.3) is 0 Å². The molecule has 0 atom stereocenters. The van der Waals surface area contributed by atoms with E-state index in [9.17, 15) is 9.59 Å². The first kappa shape index (κ1) is 11.2. The Morgan fingerprint density at radius 3 is 2.62 bits per heavy atom. The maximum absolute atomic E-state index is 10.8. The lowest BCUT2D eigenvalue weighted by Crippen LogP contribution is -2.27. The maximum atomic E-state index is 10.8. The van der Waals surface area contributed by atoms with E-state index < -0.39 is 12.1 Å². The highest BCUT2D eigenvalue weighted by atomic mass is 16.7. The molecule has 5 nitrogen and oxygen atoms in total. The molecule has 0 aromatic rings. The summed E-state index contributed by atoms with van der Waals surface area (Å²) >= 11 is 0. The van der Waals surface area contributed by atoms with Crippen molar-refractivity contribution in [1.29, 1.82) is 0 Å². The van der Waals surface area contributed by atoms with Crippen molar-refractivity contribution in [3.63, 3.8) is 0 Å². The van der Waals surface area contributed by atoms with Gasteiger partial charge in [-0.1, -0.05) is 19.2 Å². The molecule has 0 aliphatic rings. The molecule has 13 heavy (non-hydrogen) atoms. The summed E-state index contributed by atoms with van der Waals surface area (Å²) < 4.78 is 4.42. The first-order chi connectivity index (χ1) is 6.11. The first-order valence-corrected chi connectivity index (χ1v) is 3.57. The SMILES string of the molecule is C=CC(=C)C(=O)ONC(=O)OCC. The minimum Gasteiger partial charge on any atom is -0.448 e. The van der Waals surface area contributed by atoms with Gasteiger partial charge in [-0.3, -0.25) is 0 Å². The van der Waals surface area contributed by atoms with E-state index >= 15 is 0 Å². The quantitative estimate of drug-likeness (QED) is 0.403. The van der Waals surface area contributed by atoms with Crippen LogP contribution >= 0.6 is 0 Å². The van der Waals surface area contributed by atoms with Crippen LogP contribution in [0.3, 0.4) is 0 Å². The summed E-state index contributed by atoms with van der Waals surface area (Å²) in [6.45, 7) is 8.44. The third kappa shape index (κ3) is 4.62. The van der Waals surface area contributed by atoms with Crippen LogP contribution in [-0.2, 0) is 14.4 Å². The molecule has 72 valence electrons. The third-order valence-electron chi connectivity index (χ3n) is 1.01. The van der Waals surface area contributed by atoms with Crippen LogP contribution < -0.4 is 5.48 Å². The predicted molar refractivity (Wildman–Crippen MR) is 45.6 cm³/mol. The van der Waals surface area contributed by atoms with Crippen LogP contribution in [0.5, 0.6) is 0 Å². The number of carbonyl (C=O) groups excluding carboxylic acids is 2. The topological polar surface area (TPSA) is 64.6 Å². The standard InChI is InChI=1S/C8H11NO4/c1-4-6(3)7(10)13-9-8(11)12-5-2/h4H,1,3,5H2,2H3,(H,9,11). The van der Waals surface area contributed by atoms with Crippen molar-refractivity contribution in [1.82, 2.24) is 5.48 Å². The van der Waals surface area contributed by atoms with Crippen LogP contribution in [-0.4, -0.2) is 18.7 Å². The molecule has 0 saturated carbocycles. The maximum Gasteiger partial charge on any atom is 0.440 e. The monoisotopic (exact) mass is 185 g/mol. The van der Waals surface area contributed by atoms with E-state index in [1.165, 1.54) is 6.08 Å². The summed E-state index contributed by atoms with van der Waals surface area (Å²) in [5, 5.41) is 0. The summed E-state index contributed by atoms with van der Waals surface area (Å²) in [7, 11) is 0. The van der Waals surface area contributed by atoms with Gasteiger partial charge in [0.1, 0.15) is 0 Å². The summed E-state index contributed by atoms with van der Waals surface area (Å²) in [5.74, 6) is -0.775. The van der Waals surface area contributed by atoms with Crippen LogP contribution in [0.25, 0.3) is 0 Å².